The first-order chi connectivity index (χ1) is 16.7. The Kier molecular flexibility index (Phi) is 8.30. The number of hydrogen-bond donors (Lipinski definition) is 0. The van der Waals surface area contributed by atoms with E-state index in [9.17, 15) is 13.6 Å². The second kappa shape index (κ2) is 11.2. The van der Waals surface area contributed by atoms with E-state index < -0.39 is 17.0 Å². The molecule has 2 saturated heterocycles. The Balaban J connectivity index is 1.51. The van der Waals surface area contributed by atoms with Crippen molar-refractivity contribution in [1.29, 1.82) is 0 Å². The van der Waals surface area contributed by atoms with Crippen molar-refractivity contribution in [2.75, 3.05) is 52.9 Å². The molecule has 0 saturated carbocycles. The lowest BCUT2D eigenvalue weighted by Gasteiger charge is -2.43. The third-order valence-corrected chi connectivity index (χ3v) is 7.63. The Bertz CT molecular complexity index is 1050. The number of benzene rings is 2. The summed E-state index contributed by atoms with van der Waals surface area (Å²) in [5.74, 6) is -0.255. The average Bonchev–Trinajstić information content (AvgIpc) is 2.82. The van der Waals surface area contributed by atoms with E-state index in [0.29, 0.717) is 36.7 Å². The lowest BCUT2D eigenvalue weighted by molar-refractivity contribution is -0.137. The molecule has 8 heteroatoms. The van der Waals surface area contributed by atoms with E-state index in [4.69, 9.17) is 16.3 Å². The number of amides is 1. The number of carbonyl (C=O) groups excluding carboxylic acids is 1. The minimum Gasteiger partial charge on any atom is -0.493 e. The standard InChI is InChI=1S/C27H34ClF2N3O2/c1-20-14-23(6-7-24(20)28)35-19-27(16-26(34)33-12-10-31(2)11-13-33)8-3-9-32(18-27)17-21-4-5-22(29)15-25(21)30/h4-7,14-15H,3,8-13,16-19H2,1-2H3. The molecule has 1 atom stereocenters. The maximum Gasteiger partial charge on any atom is 0.223 e. The van der Waals surface area contributed by atoms with Crippen LogP contribution < -0.4 is 4.74 Å². The van der Waals surface area contributed by atoms with Gasteiger partial charge in [0.1, 0.15) is 17.4 Å². The molecule has 2 fully saturated rings. The topological polar surface area (TPSA) is 36.0 Å². The maximum absolute atomic E-state index is 14.4. The van der Waals surface area contributed by atoms with Gasteiger partial charge in [0.2, 0.25) is 5.91 Å². The highest BCUT2D eigenvalue weighted by Gasteiger charge is 2.40. The Morgan fingerprint density at radius 2 is 1.86 bits per heavy atom. The van der Waals surface area contributed by atoms with Crippen molar-refractivity contribution in [2.45, 2.75) is 32.7 Å². The van der Waals surface area contributed by atoms with Crippen LogP contribution in [0.2, 0.25) is 5.02 Å². The van der Waals surface area contributed by atoms with E-state index >= 15 is 0 Å². The fourth-order valence-corrected chi connectivity index (χ4v) is 5.20. The number of ether oxygens (including phenoxy) is 1. The molecule has 1 unspecified atom stereocenters. The molecule has 0 aromatic heterocycles. The first-order valence-electron chi connectivity index (χ1n) is 12.2. The van der Waals surface area contributed by atoms with E-state index in [1.54, 1.807) is 0 Å². The van der Waals surface area contributed by atoms with E-state index in [1.165, 1.54) is 12.1 Å². The number of carbonyl (C=O) groups is 1. The third kappa shape index (κ3) is 6.72. The minimum atomic E-state index is -0.580. The van der Waals surface area contributed by atoms with Gasteiger partial charge in [0.25, 0.3) is 0 Å². The zero-order chi connectivity index (χ0) is 25.0. The first kappa shape index (κ1) is 25.9. The lowest BCUT2D eigenvalue weighted by atomic mass is 9.77. The highest BCUT2D eigenvalue weighted by molar-refractivity contribution is 6.31. The molecular weight excluding hydrogens is 472 g/mol. The van der Waals surface area contributed by atoms with Crippen molar-refractivity contribution < 1.29 is 18.3 Å². The SMILES string of the molecule is Cc1cc(OCC2(CC(=O)N3CCN(C)CC3)CCCN(Cc3ccc(F)cc3F)C2)ccc1Cl. The number of aryl methyl sites for hydroxylation is 1. The summed E-state index contributed by atoms with van der Waals surface area (Å²) in [5.41, 5.74) is 0.994. The van der Waals surface area contributed by atoms with Crippen LogP contribution in [0.3, 0.4) is 0 Å². The van der Waals surface area contributed by atoms with E-state index in [1.807, 2.05) is 30.0 Å². The molecule has 2 heterocycles. The van der Waals surface area contributed by atoms with Crippen LogP contribution in [0.5, 0.6) is 5.75 Å². The smallest absolute Gasteiger partial charge is 0.223 e. The Hall–Kier alpha value is -2.22. The molecule has 5 nitrogen and oxygen atoms in total. The lowest BCUT2D eigenvalue weighted by Crippen LogP contribution is -2.52. The Labute approximate surface area is 211 Å². The van der Waals surface area contributed by atoms with Crippen molar-refractivity contribution in [3.8, 4) is 5.75 Å². The average molecular weight is 506 g/mol. The highest BCUT2D eigenvalue weighted by atomic mass is 35.5. The zero-order valence-corrected chi connectivity index (χ0v) is 21.3. The van der Waals surface area contributed by atoms with Crippen molar-refractivity contribution >= 4 is 17.5 Å². The van der Waals surface area contributed by atoms with Crippen LogP contribution in [-0.4, -0.2) is 73.5 Å². The van der Waals surface area contributed by atoms with Gasteiger partial charge in [-0.25, -0.2) is 8.78 Å². The van der Waals surface area contributed by atoms with E-state index in [0.717, 1.165) is 62.9 Å². The number of halogens is 3. The molecule has 0 spiro atoms. The Morgan fingerprint density at radius 1 is 1.09 bits per heavy atom. The van der Waals surface area contributed by atoms with Gasteiger partial charge in [0.05, 0.1) is 6.61 Å². The first-order valence-corrected chi connectivity index (χ1v) is 12.6. The summed E-state index contributed by atoms with van der Waals surface area (Å²) in [6.45, 7) is 7.29. The summed E-state index contributed by atoms with van der Waals surface area (Å²) < 4.78 is 34.0. The monoisotopic (exact) mass is 505 g/mol. The molecule has 1 amide bonds. The van der Waals surface area contributed by atoms with Gasteiger partial charge in [0.15, 0.2) is 0 Å². The van der Waals surface area contributed by atoms with Crippen LogP contribution in [-0.2, 0) is 11.3 Å². The van der Waals surface area contributed by atoms with Crippen molar-refractivity contribution in [1.82, 2.24) is 14.7 Å². The fourth-order valence-electron chi connectivity index (χ4n) is 5.08. The largest absolute Gasteiger partial charge is 0.493 e. The number of piperazine rings is 1. The van der Waals surface area contributed by atoms with Gasteiger partial charge in [-0.05, 0) is 63.2 Å². The molecule has 2 aliphatic heterocycles. The second-order valence-corrected chi connectivity index (χ2v) is 10.5. The number of likely N-dealkylation sites (tertiary alicyclic amines) is 1. The summed E-state index contributed by atoms with van der Waals surface area (Å²) in [4.78, 5) is 19.7. The number of likely N-dealkylation sites (N-methyl/N-ethyl adjacent to an activating group) is 1. The number of hydrogen-bond acceptors (Lipinski definition) is 4. The molecule has 0 N–H and O–H groups in total. The van der Waals surface area contributed by atoms with E-state index in [2.05, 4.69) is 16.8 Å². The summed E-state index contributed by atoms with van der Waals surface area (Å²) in [5, 5.41) is 0.683. The molecule has 190 valence electrons. The van der Waals surface area contributed by atoms with Crippen LogP contribution in [0, 0.1) is 24.0 Å². The second-order valence-electron chi connectivity index (χ2n) is 10.1. The number of nitrogens with zero attached hydrogens (tertiary/aromatic N) is 3. The van der Waals surface area contributed by atoms with Crippen molar-refractivity contribution in [3.05, 3.63) is 64.2 Å². The summed E-state index contributed by atoms with van der Waals surface area (Å²) >= 11 is 6.17. The molecule has 35 heavy (non-hydrogen) atoms. The minimum absolute atomic E-state index is 0.142. The van der Waals surface area contributed by atoms with Crippen LogP contribution in [0.4, 0.5) is 8.78 Å². The summed E-state index contributed by atoms with van der Waals surface area (Å²) in [6, 6.07) is 9.29. The van der Waals surface area contributed by atoms with Gasteiger partial charge >= 0.3 is 0 Å². The van der Waals surface area contributed by atoms with Crippen molar-refractivity contribution in [2.24, 2.45) is 5.41 Å². The molecule has 4 rings (SSSR count). The van der Waals surface area contributed by atoms with Crippen LogP contribution in [0.1, 0.15) is 30.4 Å². The van der Waals surface area contributed by atoms with Crippen LogP contribution in [0.25, 0.3) is 0 Å². The quantitative estimate of drug-likeness (QED) is 0.544. The molecule has 2 aromatic rings. The van der Waals surface area contributed by atoms with Gasteiger partial charge < -0.3 is 14.5 Å². The van der Waals surface area contributed by atoms with Crippen molar-refractivity contribution in [3.63, 3.8) is 0 Å². The highest BCUT2D eigenvalue weighted by Crippen LogP contribution is 2.36. The van der Waals surface area contributed by atoms with Gasteiger partial charge in [-0.3, -0.25) is 9.69 Å². The molecule has 2 aromatic carbocycles. The molecular formula is C27H34ClF2N3O2. The number of rotatable bonds is 7. The Morgan fingerprint density at radius 3 is 2.57 bits per heavy atom. The van der Waals surface area contributed by atoms with Gasteiger partial charge in [-0.2, -0.15) is 0 Å². The van der Waals surface area contributed by atoms with E-state index in [-0.39, 0.29) is 5.91 Å². The van der Waals surface area contributed by atoms with Gasteiger partial charge in [-0.15, -0.1) is 0 Å². The van der Waals surface area contributed by atoms with Crippen LogP contribution in [0.15, 0.2) is 36.4 Å². The summed E-state index contributed by atoms with van der Waals surface area (Å²) in [7, 11) is 2.07. The maximum atomic E-state index is 14.4. The third-order valence-electron chi connectivity index (χ3n) is 7.21. The fraction of sp³-hybridized carbons (Fsp3) is 0.519. The molecule has 0 bridgehead atoms. The molecule has 0 aliphatic carbocycles. The molecule has 0 radical (unpaired) electrons. The predicted molar refractivity (Wildman–Crippen MR) is 134 cm³/mol. The normalized spacial score (nSPS) is 21.8. The molecule has 2 aliphatic rings. The predicted octanol–water partition coefficient (Wildman–Crippen LogP) is 4.75. The number of piperidine rings is 1. The van der Waals surface area contributed by atoms with Gasteiger partial charge in [-0.1, -0.05) is 17.7 Å². The van der Waals surface area contributed by atoms with Crippen LogP contribution >= 0.6 is 11.6 Å². The zero-order valence-electron chi connectivity index (χ0n) is 20.5. The summed E-state index contributed by atoms with van der Waals surface area (Å²) in [6.07, 6.45) is 2.11. The van der Waals surface area contributed by atoms with Gasteiger partial charge in [0, 0.05) is 67.8 Å².